The summed E-state index contributed by atoms with van der Waals surface area (Å²) >= 11 is 0. The van der Waals surface area contributed by atoms with E-state index < -0.39 is 0 Å². The molecule has 0 aromatic rings. The van der Waals surface area contributed by atoms with Crippen LogP contribution >= 0.6 is 0 Å². The van der Waals surface area contributed by atoms with Gasteiger partial charge in [-0.05, 0) is 12.0 Å². The van der Waals surface area contributed by atoms with E-state index in [0.29, 0.717) is 19.3 Å². The Morgan fingerprint density at radius 2 is 2.23 bits per heavy atom. The van der Waals surface area contributed by atoms with Crippen molar-refractivity contribution in [2.24, 2.45) is 10.9 Å². The van der Waals surface area contributed by atoms with E-state index in [4.69, 9.17) is 0 Å². The van der Waals surface area contributed by atoms with Crippen molar-refractivity contribution in [3.05, 3.63) is 11.9 Å². The zero-order valence-electron chi connectivity index (χ0n) is 8.38. The van der Waals surface area contributed by atoms with Crippen molar-refractivity contribution in [1.82, 2.24) is 0 Å². The molecule has 0 amide bonds. The third kappa shape index (κ3) is 4.55. The molecule has 74 valence electrons. The highest BCUT2D eigenvalue weighted by molar-refractivity contribution is 6.33. The van der Waals surface area contributed by atoms with Gasteiger partial charge in [-0.3, -0.25) is 9.79 Å². The molecule has 2 nitrogen and oxygen atoms in total. The monoisotopic (exact) mass is 185 g/mol. The van der Waals surface area contributed by atoms with Crippen LogP contribution in [0.5, 0.6) is 0 Å². The molecular formula is C10H16FNO. The lowest BCUT2D eigenvalue weighted by Gasteiger charge is -2.01. The van der Waals surface area contributed by atoms with Crippen molar-refractivity contribution in [3.63, 3.8) is 0 Å². The van der Waals surface area contributed by atoms with Crippen molar-refractivity contribution < 1.29 is 9.18 Å². The Morgan fingerprint density at radius 1 is 1.62 bits per heavy atom. The molecule has 0 saturated carbocycles. The van der Waals surface area contributed by atoms with Crippen LogP contribution in [-0.2, 0) is 4.79 Å². The zero-order chi connectivity index (χ0) is 10.3. The Balaban J connectivity index is 0.000000671. The van der Waals surface area contributed by atoms with E-state index in [9.17, 15) is 9.18 Å². The van der Waals surface area contributed by atoms with Gasteiger partial charge in [-0.1, -0.05) is 20.8 Å². The first-order valence-electron chi connectivity index (χ1n) is 4.58. The molecule has 1 aliphatic heterocycles. The van der Waals surface area contributed by atoms with Crippen LogP contribution in [0.2, 0.25) is 0 Å². The Labute approximate surface area is 78.6 Å². The van der Waals surface area contributed by atoms with Crippen molar-refractivity contribution in [2.45, 2.75) is 27.2 Å². The summed E-state index contributed by atoms with van der Waals surface area (Å²) in [5.41, 5.74) is 0.215. The van der Waals surface area contributed by atoms with Gasteiger partial charge in [-0.25, -0.2) is 4.39 Å². The summed E-state index contributed by atoms with van der Waals surface area (Å²) in [6, 6.07) is 0. The minimum atomic E-state index is -0.249. The number of nitrogens with zero attached hydrogens (tertiary/aromatic N) is 1. The molecule has 13 heavy (non-hydrogen) atoms. The standard InChI is InChI=1S/C8H10FNO.C2H6/c1-6-2-7(9)3-8(5-11)10-4-6;1-2/h3,5-6H,2,4H2,1H3;1-2H3. The summed E-state index contributed by atoms with van der Waals surface area (Å²) < 4.78 is 12.8. The first-order chi connectivity index (χ1) is 6.22. The molecule has 1 unspecified atom stereocenters. The molecule has 1 rings (SSSR count). The maximum absolute atomic E-state index is 12.8. The predicted molar refractivity (Wildman–Crippen MR) is 52.7 cm³/mol. The third-order valence-corrected chi connectivity index (χ3v) is 1.55. The van der Waals surface area contributed by atoms with Gasteiger partial charge in [0.25, 0.3) is 0 Å². The topological polar surface area (TPSA) is 29.4 Å². The van der Waals surface area contributed by atoms with Crippen LogP contribution in [0.3, 0.4) is 0 Å². The summed E-state index contributed by atoms with van der Waals surface area (Å²) in [5.74, 6) is -0.0513. The average Bonchev–Trinajstić information content (AvgIpc) is 2.30. The van der Waals surface area contributed by atoms with Crippen molar-refractivity contribution in [2.75, 3.05) is 6.54 Å². The first kappa shape index (κ1) is 12.0. The number of carbonyl (C=O) groups excluding carboxylic acids is 1. The highest BCUT2D eigenvalue weighted by Gasteiger charge is 2.10. The summed E-state index contributed by atoms with van der Waals surface area (Å²) in [5, 5.41) is 0. The number of allylic oxidation sites excluding steroid dienone is 2. The SMILES string of the molecule is CC.CC1CN=C(C=O)C=C(F)C1. The van der Waals surface area contributed by atoms with Crippen LogP contribution in [0.25, 0.3) is 0 Å². The Morgan fingerprint density at radius 3 is 2.77 bits per heavy atom. The number of hydrogen-bond donors (Lipinski definition) is 0. The van der Waals surface area contributed by atoms with Crippen LogP contribution in [0.15, 0.2) is 16.9 Å². The zero-order valence-corrected chi connectivity index (χ0v) is 8.38. The van der Waals surface area contributed by atoms with Gasteiger partial charge in [-0.15, -0.1) is 0 Å². The van der Waals surface area contributed by atoms with Crippen molar-refractivity contribution in [3.8, 4) is 0 Å². The van der Waals surface area contributed by atoms with E-state index in [1.54, 1.807) is 0 Å². The Hall–Kier alpha value is -0.990. The molecule has 0 spiro atoms. The van der Waals surface area contributed by atoms with Gasteiger partial charge in [0.05, 0.1) is 5.71 Å². The first-order valence-corrected chi connectivity index (χ1v) is 4.58. The average molecular weight is 185 g/mol. The van der Waals surface area contributed by atoms with Gasteiger partial charge >= 0.3 is 0 Å². The van der Waals surface area contributed by atoms with E-state index >= 15 is 0 Å². The van der Waals surface area contributed by atoms with E-state index in [1.807, 2.05) is 20.8 Å². The van der Waals surface area contributed by atoms with Crippen molar-refractivity contribution in [1.29, 1.82) is 0 Å². The van der Waals surface area contributed by atoms with Gasteiger partial charge in [0, 0.05) is 13.0 Å². The van der Waals surface area contributed by atoms with Crippen molar-refractivity contribution >= 4 is 12.0 Å². The molecule has 3 heteroatoms. The number of rotatable bonds is 1. The van der Waals surface area contributed by atoms with E-state index in [0.717, 1.165) is 0 Å². The number of aliphatic imine (C=N–C) groups is 1. The third-order valence-electron chi connectivity index (χ3n) is 1.55. The highest BCUT2D eigenvalue weighted by atomic mass is 19.1. The molecule has 1 heterocycles. The van der Waals surface area contributed by atoms with E-state index in [-0.39, 0.29) is 17.5 Å². The fourth-order valence-corrected chi connectivity index (χ4v) is 0.995. The molecular weight excluding hydrogens is 169 g/mol. The number of aldehydes is 1. The smallest absolute Gasteiger partial charge is 0.168 e. The van der Waals surface area contributed by atoms with Crippen LogP contribution in [0, 0.1) is 5.92 Å². The van der Waals surface area contributed by atoms with Crippen LogP contribution < -0.4 is 0 Å². The second kappa shape index (κ2) is 6.52. The summed E-state index contributed by atoms with van der Waals surface area (Å²) in [6.07, 6.45) is 2.18. The molecule has 0 aliphatic carbocycles. The maximum Gasteiger partial charge on any atom is 0.168 e. The molecule has 0 bridgehead atoms. The highest BCUT2D eigenvalue weighted by Crippen LogP contribution is 2.15. The summed E-state index contributed by atoms with van der Waals surface area (Å²) in [6.45, 7) is 6.45. The molecule has 0 saturated heterocycles. The lowest BCUT2D eigenvalue weighted by molar-refractivity contribution is -0.102. The van der Waals surface area contributed by atoms with Crippen LogP contribution in [-0.4, -0.2) is 18.5 Å². The lowest BCUT2D eigenvalue weighted by Crippen LogP contribution is -1.98. The minimum absolute atomic E-state index is 0.198. The molecule has 0 fully saturated rings. The van der Waals surface area contributed by atoms with E-state index in [2.05, 4.69) is 4.99 Å². The van der Waals surface area contributed by atoms with Gasteiger partial charge in [0.15, 0.2) is 6.29 Å². The fraction of sp³-hybridized carbons (Fsp3) is 0.600. The quantitative estimate of drug-likeness (QED) is 0.577. The normalized spacial score (nSPS) is 21.7. The number of halogens is 1. The molecule has 0 N–H and O–H groups in total. The molecule has 0 aromatic heterocycles. The molecule has 0 radical (unpaired) electrons. The second-order valence-corrected chi connectivity index (χ2v) is 2.78. The largest absolute Gasteiger partial charge is 0.296 e. The summed E-state index contributed by atoms with van der Waals surface area (Å²) in [7, 11) is 0. The van der Waals surface area contributed by atoms with Crippen LogP contribution in [0.1, 0.15) is 27.2 Å². The number of hydrogen-bond acceptors (Lipinski definition) is 2. The lowest BCUT2D eigenvalue weighted by atomic mass is 10.1. The Kier molecular flexibility index (Phi) is 6.02. The van der Waals surface area contributed by atoms with Crippen LogP contribution in [0.4, 0.5) is 4.39 Å². The predicted octanol–water partition coefficient (Wildman–Crippen LogP) is 2.55. The maximum atomic E-state index is 12.8. The van der Waals surface area contributed by atoms with Gasteiger partial charge in [0.2, 0.25) is 0 Å². The molecule has 1 aliphatic rings. The minimum Gasteiger partial charge on any atom is -0.296 e. The van der Waals surface area contributed by atoms with Gasteiger partial charge in [-0.2, -0.15) is 0 Å². The fourth-order valence-electron chi connectivity index (χ4n) is 0.995. The summed E-state index contributed by atoms with van der Waals surface area (Å²) in [4.78, 5) is 14.1. The molecule has 0 aromatic carbocycles. The van der Waals surface area contributed by atoms with E-state index in [1.165, 1.54) is 6.08 Å². The van der Waals surface area contributed by atoms with Gasteiger partial charge < -0.3 is 0 Å². The Bertz CT molecular complexity index is 221. The second-order valence-electron chi connectivity index (χ2n) is 2.78. The number of carbonyl (C=O) groups is 1. The molecule has 1 atom stereocenters. The van der Waals surface area contributed by atoms with Gasteiger partial charge in [0.1, 0.15) is 5.83 Å².